The number of rotatable bonds is 6. The van der Waals surface area contributed by atoms with Crippen LogP contribution in [-0.4, -0.2) is 36.9 Å². The molecule has 0 spiro atoms. The Morgan fingerprint density at radius 3 is 2.48 bits per heavy atom. The number of methoxy groups -OCH3 is 1. The van der Waals surface area contributed by atoms with E-state index >= 15 is 0 Å². The molecule has 1 unspecified atom stereocenters. The molecule has 0 saturated carbocycles. The molecule has 5 nitrogen and oxygen atoms in total. The van der Waals surface area contributed by atoms with Crippen molar-refractivity contribution in [3.63, 3.8) is 0 Å². The Bertz CT molecular complexity index is 821. The highest BCUT2D eigenvalue weighted by molar-refractivity contribution is 6.30. The van der Waals surface area contributed by atoms with Crippen molar-refractivity contribution in [2.24, 2.45) is 0 Å². The first-order chi connectivity index (χ1) is 14.1. The van der Waals surface area contributed by atoms with Gasteiger partial charge >= 0.3 is 0 Å². The molecule has 0 radical (unpaired) electrons. The van der Waals surface area contributed by atoms with E-state index in [-0.39, 0.29) is 24.3 Å². The van der Waals surface area contributed by atoms with Crippen LogP contribution >= 0.6 is 11.6 Å². The minimum Gasteiger partial charge on any atom is -0.497 e. The number of carbonyl (C=O) groups is 2. The van der Waals surface area contributed by atoms with Crippen LogP contribution in [0.4, 0.5) is 0 Å². The summed E-state index contributed by atoms with van der Waals surface area (Å²) in [5.74, 6) is 0.686. The van der Waals surface area contributed by atoms with E-state index in [4.69, 9.17) is 16.3 Å². The molecule has 29 heavy (non-hydrogen) atoms. The van der Waals surface area contributed by atoms with E-state index in [9.17, 15) is 9.59 Å². The Morgan fingerprint density at radius 2 is 1.79 bits per heavy atom. The first kappa shape index (κ1) is 21.2. The number of ether oxygens (including phenoxy) is 1. The molecule has 3 rings (SSSR count). The van der Waals surface area contributed by atoms with Crippen LogP contribution in [0, 0.1) is 0 Å². The lowest BCUT2D eigenvalue weighted by Crippen LogP contribution is -2.37. The van der Waals surface area contributed by atoms with Gasteiger partial charge in [0.15, 0.2) is 0 Å². The van der Waals surface area contributed by atoms with Crippen LogP contribution in [0.2, 0.25) is 5.02 Å². The summed E-state index contributed by atoms with van der Waals surface area (Å²) in [6.45, 7) is 1.06. The molecule has 0 aliphatic carbocycles. The quantitative estimate of drug-likeness (QED) is 0.750. The number of halogens is 1. The summed E-state index contributed by atoms with van der Waals surface area (Å²) in [7, 11) is 1.65. The molecule has 2 aromatic carbocycles. The van der Waals surface area contributed by atoms with Crippen molar-refractivity contribution >= 4 is 23.4 Å². The molecule has 0 bridgehead atoms. The number of amides is 2. The molecule has 1 N–H and O–H groups in total. The number of nitrogens with one attached hydrogen (secondary N) is 1. The highest BCUT2D eigenvalue weighted by Gasteiger charge is 2.26. The van der Waals surface area contributed by atoms with Gasteiger partial charge in [-0.05, 0) is 54.8 Å². The Morgan fingerprint density at radius 1 is 1.07 bits per heavy atom. The number of carbonyl (C=O) groups excluding carboxylic acids is 2. The maximum Gasteiger partial charge on any atom is 0.251 e. The fraction of sp³-hybridized carbons (Fsp3) is 0.391. The third kappa shape index (κ3) is 5.73. The maximum absolute atomic E-state index is 13.0. The fourth-order valence-electron chi connectivity index (χ4n) is 3.71. The number of nitrogens with zero attached hydrogens (tertiary/aromatic N) is 1. The van der Waals surface area contributed by atoms with Crippen molar-refractivity contribution in [3.8, 4) is 5.75 Å². The molecule has 1 heterocycles. The molecule has 154 valence electrons. The second-order valence-corrected chi connectivity index (χ2v) is 7.67. The van der Waals surface area contributed by atoms with Gasteiger partial charge in [0.25, 0.3) is 5.91 Å². The average Bonchev–Trinajstić information content (AvgIpc) is 3.00. The van der Waals surface area contributed by atoms with E-state index < -0.39 is 0 Å². The number of hydrogen-bond donors (Lipinski definition) is 1. The highest BCUT2D eigenvalue weighted by Crippen LogP contribution is 2.31. The van der Waals surface area contributed by atoms with Crippen molar-refractivity contribution in [3.05, 3.63) is 64.7 Å². The topological polar surface area (TPSA) is 58.6 Å². The zero-order valence-corrected chi connectivity index (χ0v) is 17.5. The van der Waals surface area contributed by atoms with E-state index in [0.717, 1.165) is 43.5 Å². The lowest BCUT2D eigenvalue weighted by atomic mass is 10.0. The van der Waals surface area contributed by atoms with Crippen LogP contribution in [0.3, 0.4) is 0 Å². The molecule has 1 atom stereocenters. The molecule has 6 heteroatoms. The van der Waals surface area contributed by atoms with E-state index in [1.165, 1.54) is 0 Å². The summed E-state index contributed by atoms with van der Waals surface area (Å²) in [5.41, 5.74) is 1.67. The monoisotopic (exact) mass is 414 g/mol. The average molecular weight is 415 g/mol. The smallest absolute Gasteiger partial charge is 0.251 e. The number of likely N-dealkylation sites (tertiary alicyclic amines) is 1. The Kier molecular flexibility index (Phi) is 7.53. The van der Waals surface area contributed by atoms with E-state index in [0.29, 0.717) is 17.1 Å². The summed E-state index contributed by atoms with van der Waals surface area (Å²) in [5, 5.41) is 3.41. The van der Waals surface area contributed by atoms with E-state index in [1.54, 1.807) is 31.4 Å². The third-order valence-electron chi connectivity index (χ3n) is 5.30. The van der Waals surface area contributed by atoms with Crippen LogP contribution in [0.1, 0.15) is 54.1 Å². The predicted molar refractivity (Wildman–Crippen MR) is 114 cm³/mol. The van der Waals surface area contributed by atoms with Crippen molar-refractivity contribution in [1.82, 2.24) is 10.2 Å². The Balaban J connectivity index is 1.60. The van der Waals surface area contributed by atoms with Gasteiger partial charge in [-0.1, -0.05) is 36.6 Å². The van der Waals surface area contributed by atoms with Gasteiger partial charge in [-0.3, -0.25) is 9.59 Å². The van der Waals surface area contributed by atoms with Gasteiger partial charge in [-0.25, -0.2) is 0 Å². The SMILES string of the molecule is COc1ccc(C2CCCCCN2C(=O)CCNC(=O)c2ccc(Cl)cc2)cc1. The minimum atomic E-state index is -0.197. The van der Waals surface area contributed by atoms with Crippen LogP contribution in [0.15, 0.2) is 48.5 Å². The lowest BCUT2D eigenvalue weighted by molar-refractivity contribution is -0.133. The lowest BCUT2D eigenvalue weighted by Gasteiger charge is -2.31. The van der Waals surface area contributed by atoms with Gasteiger partial charge < -0.3 is 15.0 Å². The Hall–Kier alpha value is -2.53. The van der Waals surface area contributed by atoms with Gasteiger partial charge in [0.2, 0.25) is 5.91 Å². The molecule has 1 fully saturated rings. The maximum atomic E-state index is 13.0. The number of hydrogen-bond acceptors (Lipinski definition) is 3. The molecule has 1 aliphatic heterocycles. The van der Waals surface area contributed by atoms with Gasteiger partial charge in [0.1, 0.15) is 5.75 Å². The van der Waals surface area contributed by atoms with Gasteiger partial charge in [-0.15, -0.1) is 0 Å². The summed E-state index contributed by atoms with van der Waals surface area (Å²) in [6.07, 6.45) is 4.48. The van der Waals surface area contributed by atoms with E-state index in [2.05, 4.69) is 5.32 Å². The second kappa shape index (κ2) is 10.3. The van der Waals surface area contributed by atoms with Crippen molar-refractivity contribution in [2.75, 3.05) is 20.2 Å². The normalized spacial score (nSPS) is 16.8. The van der Waals surface area contributed by atoms with Crippen molar-refractivity contribution < 1.29 is 14.3 Å². The molecule has 2 aromatic rings. The highest BCUT2D eigenvalue weighted by atomic mass is 35.5. The summed E-state index contributed by atoms with van der Waals surface area (Å²) < 4.78 is 5.25. The van der Waals surface area contributed by atoms with Gasteiger partial charge in [0, 0.05) is 30.1 Å². The van der Waals surface area contributed by atoms with Crippen LogP contribution in [0.25, 0.3) is 0 Å². The number of benzene rings is 2. The van der Waals surface area contributed by atoms with Crippen LogP contribution in [-0.2, 0) is 4.79 Å². The van der Waals surface area contributed by atoms with Crippen LogP contribution in [0.5, 0.6) is 5.75 Å². The van der Waals surface area contributed by atoms with Crippen molar-refractivity contribution in [1.29, 1.82) is 0 Å². The molecule has 1 saturated heterocycles. The summed E-state index contributed by atoms with van der Waals surface area (Å²) in [4.78, 5) is 27.2. The summed E-state index contributed by atoms with van der Waals surface area (Å²) >= 11 is 5.85. The fourth-order valence-corrected chi connectivity index (χ4v) is 3.84. The molecular weight excluding hydrogens is 388 g/mol. The Labute approximate surface area is 177 Å². The zero-order chi connectivity index (χ0) is 20.6. The molecule has 1 aliphatic rings. The largest absolute Gasteiger partial charge is 0.497 e. The van der Waals surface area contributed by atoms with Crippen molar-refractivity contribution in [2.45, 2.75) is 38.1 Å². The van der Waals surface area contributed by atoms with E-state index in [1.807, 2.05) is 29.2 Å². The summed E-state index contributed by atoms with van der Waals surface area (Å²) in [6, 6.07) is 14.7. The first-order valence-electron chi connectivity index (χ1n) is 10.1. The van der Waals surface area contributed by atoms with Gasteiger partial charge in [-0.2, -0.15) is 0 Å². The third-order valence-corrected chi connectivity index (χ3v) is 5.56. The standard InChI is InChI=1S/C23H27ClN2O3/c1-29-20-12-8-17(9-13-20)21-5-3-2-4-16-26(21)22(27)14-15-25-23(28)18-6-10-19(24)11-7-18/h6-13,21H,2-5,14-16H2,1H3,(H,25,28). The zero-order valence-electron chi connectivity index (χ0n) is 16.7. The van der Waals surface area contributed by atoms with Gasteiger partial charge in [0.05, 0.1) is 13.2 Å². The van der Waals surface area contributed by atoms with Crippen LogP contribution < -0.4 is 10.1 Å². The molecule has 0 aromatic heterocycles. The predicted octanol–water partition coefficient (Wildman–Crippen LogP) is 4.61. The molecule has 2 amide bonds. The minimum absolute atomic E-state index is 0.0721. The molecular formula is C23H27ClN2O3. The second-order valence-electron chi connectivity index (χ2n) is 7.24. The first-order valence-corrected chi connectivity index (χ1v) is 10.4.